The molecule has 102 valence electrons. The van der Waals surface area contributed by atoms with Gasteiger partial charge < -0.3 is 9.64 Å². The van der Waals surface area contributed by atoms with Gasteiger partial charge in [-0.1, -0.05) is 29.8 Å². The van der Waals surface area contributed by atoms with Gasteiger partial charge >= 0.3 is 0 Å². The third kappa shape index (κ3) is 2.63. The lowest BCUT2D eigenvalue weighted by Crippen LogP contribution is -2.33. The van der Waals surface area contributed by atoms with Crippen LogP contribution in [0.1, 0.15) is 5.56 Å². The molecule has 1 aliphatic heterocycles. The number of hydrogen-bond acceptors (Lipinski definition) is 2. The molecule has 0 spiro atoms. The number of ether oxygens (including phenoxy) is 1. The number of hydrogen-bond donors (Lipinski definition) is 0. The average Bonchev–Trinajstić information content (AvgIpc) is 2.90. The highest BCUT2D eigenvalue weighted by Gasteiger charge is 2.24. The fraction of sp³-hybridized carbons (Fsp3) is 0.188. The number of anilines is 1. The van der Waals surface area contributed by atoms with Crippen LogP contribution in [0, 0.1) is 0 Å². The molecule has 0 fully saturated rings. The largest absolute Gasteiger partial charge is 0.484 e. The lowest BCUT2D eigenvalue weighted by molar-refractivity contribution is -0.120. The summed E-state index contributed by atoms with van der Waals surface area (Å²) in [7, 11) is 0. The number of rotatable bonds is 3. The zero-order valence-electron chi connectivity index (χ0n) is 10.9. The van der Waals surface area contributed by atoms with Crippen molar-refractivity contribution in [2.75, 3.05) is 18.1 Å². The van der Waals surface area contributed by atoms with Crippen molar-refractivity contribution < 1.29 is 9.53 Å². The minimum absolute atomic E-state index is 0.0232. The molecule has 2 aromatic rings. The standard InChI is InChI=1S/C16H14ClNO2/c17-13-5-7-14(8-6-13)20-11-16(19)18-10-9-12-3-1-2-4-15(12)18/h1-8H,9-11H2. The van der Waals surface area contributed by atoms with E-state index in [9.17, 15) is 4.79 Å². The molecule has 0 unspecified atom stereocenters. The Morgan fingerprint density at radius 1 is 1.15 bits per heavy atom. The molecule has 1 aliphatic rings. The molecule has 20 heavy (non-hydrogen) atoms. The van der Waals surface area contributed by atoms with Crippen LogP contribution >= 0.6 is 11.6 Å². The van der Waals surface area contributed by atoms with Gasteiger partial charge in [0.05, 0.1) is 0 Å². The molecular weight excluding hydrogens is 274 g/mol. The molecule has 0 bridgehead atoms. The Labute approximate surface area is 122 Å². The Morgan fingerprint density at radius 3 is 2.70 bits per heavy atom. The molecular formula is C16H14ClNO2. The Hall–Kier alpha value is -2.00. The van der Waals surface area contributed by atoms with E-state index < -0.39 is 0 Å². The molecule has 0 atom stereocenters. The highest BCUT2D eigenvalue weighted by atomic mass is 35.5. The van der Waals surface area contributed by atoms with E-state index in [0.29, 0.717) is 10.8 Å². The first-order valence-electron chi connectivity index (χ1n) is 6.51. The number of fused-ring (bicyclic) bond motifs is 1. The Balaban J connectivity index is 1.65. The molecule has 3 nitrogen and oxygen atoms in total. The van der Waals surface area contributed by atoms with Crippen molar-refractivity contribution in [3.05, 3.63) is 59.1 Å². The zero-order chi connectivity index (χ0) is 13.9. The summed E-state index contributed by atoms with van der Waals surface area (Å²) < 4.78 is 5.50. The molecule has 1 amide bonds. The predicted octanol–water partition coefficient (Wildman–Crippen LogP) is 3.31. The van der Waals surface area contributed by atoms with Gasteiger partial charge in [-0.3, -0.25) is 4.79 Å². The summed E-state index contributed by atoms with van der Waals surface area (Å²) in [6.07, 6.45) is 0.906. The lowest BCUT2D eigenvalue weighted by atomic mass is 10.2. The molecule has 0 radical (unpaired) electrons. The summed E-state index contributed by atoms with van der Waals surface area (Å²) in [6, 6.07) is 15.0. The lowest BCUT2D eigenvalue weighted by Gasteiger charge is -2.17. The van der Waals surface area contributed by atoms with Crippen molar-refractivity contribution in [2.24, 2.45) is 0 Å². The van der Waals surface area contributed by atoms with Crippen LogP contribution in [0.25, 0.3) is 0 Å². The topological polar surface area (TPSA) is 29.5 Å². The summed E-state index contributed by atoms with van der Waals surface area (Å²) in [6.45, 7) is 0.762. The minimum Gasteiger partial charge on any atom is -0.484 e. The second-order valence-corrected chi connectivity index (χ2v) is 5.10. The van der Waals surface area contributed by atoms with Gasteiger partial charge in [-0.2, -0.15) is 0 Å². The van der Waals surface area contributed by atoms with Gasteiger partial charge in [0, 0.05) is 17.3 Å². The number of benzene rings is 2. The highest BCUT2D eigenvalue weighted by molar-refractivity contribution is 6.30. The van der Waals surface area contributed by atoms with E-state index in [1.54, 1.807) is 29.2 Å². The highest BCUT2D eigenvalue weighted by Crippen LogP contribution is 2.27. The maximum absolute atomic E-state index is 12.2. The molecule has 3 rings (SSSR count). The van der Waals surface area contributed by atoms with Gasteiger partial charge in [-0.05, 0) is 42.3 Å². The molecule has 1 heterocycles. The van der Waals surface area contributed by atoms with Crippen molar-refractivity contribution in [2.45, 2.75) is 6.42 Å². The van der Waals surface area contributed by atoms with E-state index in [1.807, 2.05) is 18.2 Å². The second kappa shape index (κ2) is 5.55. The summed E-state index contributed by atoms with van der Waals surface area (Å²) in [5, 5.41) is 0.650. The number of amides is 1. The Morgan fingerprint density at radius 2 is 1.90 bits per heavy atom. The predicted molar refractivity (Wildman–Crippen MR) is 79.4 cm³/mol. The van der Waals surface area contributed by atoms with Crippen LogP contribution in [0.3, 0.4) is 0 Å². The van der Waals surface area contributed by atoms with E-state index in [4.69, 9.17) is 16.3 Å². The number of carbonyl (C=O) groups is 1. The Kier molecular flexibility index (Phi) is 3.61. The van der Waals surface area contributed by atoms with Crippen LogP contribution < -0.4 is 9.64 Å². The van der Waals surface area contributed by atoms with Crippen LogP contribution in [0.15, 0.2) is 48.5 Å². The van der Waals surface area contributed by atoms with Gasteiger partial charge in [-0.25, -0.2) is 0 Å². The van der Waals surface area contributed by atoms with Crippen molar-refractivity contribution in [1.82, 2.24) is 0 Å². The van der Waals surface area contributed by atoms with Gasteiger partial charge in [0.25, 0.3) is 5.91 Å². The second-order valence-electron chi connectivity index (χ2n) is 4.67. The first-order valence-corrected chi connectivity index (χ1v) is 6.88. The van der Waals surface area contributed by atoms with E-state index >= 15 is 0 Å². The maximum atomic E-state index is 12.2. The van der Waals surface area contributed by atoms with Crippen LogP contribution in [-0.2, 0) is 11.2 Å². The molecule has 0 N–H and O–H groups in total. The fourth-order valence-corrected chi connectivity index (χ4v) is 2.48. The average molecular weight is 288 g/mol. The molecule has 0 saturated carbocycles. The van der Waals surface area contributed by atoms with E-state index in [1.165, 1.54) is 5.56 Å². The normalized spacial score (nSPS) is 13.2. The van der Waals surface area contributed by atoms with Crippen LogP contribution in [0.2, 0.25) is 5.02 Å². The van der Waals surface area contributed by atoms with Crippen LogP contribution in [-0.4, -0.2) is 19.1 Å². The van der Waals surface area contributed by atoms with E-state index in [2.05, 4.69) is 6.07 Å². The molecule has 0 saturated heterocycles. The summed E-state index contributed by atoms with van der Waals surface area (Å²) >= 11 is 5.80. The fourth-order valence-electron chi connectivity index (χ4n) is 2.35. The molecule has 0 aliphatic carbocycles. The number of nitrogens with zero attached hydrogens (tertiary/aromatic N) is 1. The molecule has 2 aromatic carbocycles. The molecule has 4 heteroatoms. The van der Waals surface area contributed by atoms with Gasteiger partial charge in [-0.15, -0.1) is 0 Å². The quantitative estimate of drug-likeness (QED) is 0.867. The molecule has 0 aromatic heterocycles. The van der Waals surface area contributed by atoms with Crippen molar-refractivity contribution in [1.29, 1.82) is 0 Å². The maximum Gasteiger partial charge on any atom is 0.264 e. The number of carbonyl (C=O) groups excluding carboxylic acids is 1. The van der Waals surface area contributed by atoms with Crippen LogP contribution in [0.4, 0.5) is 5.69 Å². The third-order valence-corrected chi connectivity index (χ3v) is 3.62. The van der Waals surface area contributed by atoms with Crippen molar-refractivity contribution in [3.63, 3.8) is 0 Å². The first kappa shape index (κ1) is 13.0. The first-order chi connectivity index (χ1) is 9.74. The van der Waals surface area contributed by atoms with Gasteiger partial charge in [0.1, 0.15) is 5.75 Å². The van der Waals surface area contributed by atoms with Crippen molar-refractivity contribution in [3.8, 4) is 5.75 Å². The Bertz CT molecular complexity index is 625. The minimum atomic E-state index is -0.0232. The zero-order valence-corrected chi connectivity index (χ0v) is 11.6. The smallest absolute Gasteiger partial charge is 0.264 e. The number of para-hydroxylation sites is 1. The third-order valence-electron chi connectivity index (χ3n) is 3.36. The van der Waals surface area contributed by atoms with Crippen molar-refractivity contribution >= 4 is 23.2 Å². The van der Waals surface area contributed by atoms with E-state index in [0.717, 1.165) is 18.7 Å². The summed E-state index contributed by atoms with van der Waals surface area (Å²) in [5.74, 6) is 0.625. The summed E-state index contributed by atoms with van der Waals surface area (Å²) in [5.41, 5.74) is 2.21. The van der Waals surface area contributed by atoms with Gasteiger partial charge in [0.2, 0.25) is 0 Å². The monoisotopic (exact) mass is 287 g/mol. The summed E-state index contributed by atoms with van der Waals surface area (Å²) in [4.78, 5) is 14.0. The van der Waals surface area contributed by atoms with Gasteiger partial charge in [0.15, 0.2) is 6.61 Å². The van der Waals surface area contributed by atoms with E-state index in [-0.39, 0.29) is 12.5 Å². The number of halogens is 1. The SMILES string of the molecule is O=C(COc1ccc(Cl)cc1)N1CCc2ccccc21. The van der Waals surface area contributed by atoms with Crippen LogP contribution in [0.5, 0.6) is 5.75 Å².